The molecule has 2 heterocycles. The molecule has 4 N–H and O–H groups in total. The van der Waals surface area contributed by atoms with Crippen molar-refractivity contribution in [2.24, 2.45) is 5.92 Å². The molecular formula is C16H23N3O4. The lowest BCUT2D eigenvalue weighted by Gasteiger charge is -2.41. The number of fused-ring (bicyclic) bond motifs is 1. The topological polar surface area (TPSA) is 104 Å². The van der Waals surface area contributed by atoms with Crippen LogP contribution in [0, 0.1) is 5.92 Å². The van der Waals surface area contributed by atoms with Crippen molar-refractivity contribution >= 4 is 6.03 Å². The number of ether oxygens (including phenoxy) is 1. The highest BCUT2D eigenvalue weighted by atomic mass is 16.5. The third kappa shape index (κ3) is 3.04. The molecule has 7 nitrogen and oxygen atoms in total. The van der Waals surface area contributed by atoms with Crippen LogP contribution in [0.25, 0.3) is 0 Å². The first-order valence-corrected chi connectivity index (χ1v) is 8.02. The zero-order valence-corrected chi connectivity index (χ0v) is 13.1. The summed E-state index contributed by atoms with van der Waals surface area (Å²) in [5.41, 5.74) is -0.431. The normalized spacial score (nSPS) is 36.3. The third-order valence-electron chi connectivity index (χ3n) is 4.81. The Morgan fingerprint density at radius 3 is 3.00 bits per heavy atom. The Balaban J connectivity index is 1.72. The van der Waals surface area contributed by atoms with Gasteiger partial charge in [-0.2, -0.15) is 0 Å². The number of nitrogens with one attached hydrogen (secondary N) is 2. The van der Waals surface area contributed by atoms with Gasteiger partial charge in [0.05, 0.1) is 30.6 Å². The summed E-state index contributed by atoms with van der Waals surface area (Å²) >= 11 is 0. The monoisotopic (exact) mass is 321 g/mol. The van der Waals surface area contributed by atoms with Gasteiger partial charge in [0.25, 0.3) is 0 Å². The van der Waals surface area contributed by atoms with E-state index in [4.69, 9.17) is 4.74 Å². The van der Waals surface area contributed by atoms with Gasteiger partial charge in [0.2, 0.25) is 0 Å². The van der Waals surface area contributed by atoms with Gasteiger partial charge in [-0.1, -0.05) is 6.07 Å². The molecule has 2 amide bonds. The summed E-state index contributed by atoms with van der Waals surface area (Å²) in [4.78, 5) is 16.1. The SMILES string of the molecule is CCNC(=O)N[C@@H]1[C@@H](O)C[C@@H]2C[C@H](c3ccccn3)OC[C@@]21O. The second-order valence-corrected chi connectivity index (χ2v) is 6.26. The van der Waals surface area contributed by atoms with E-state index in [1.807, 2.05) is 25.1 Å². The van der Waals surface area contributed by atoms with Crippen molar-refractivity contribution in [3.05, 3.63) is 30.1 Å². The van der Waals surface area contributed by atoms with Crippen LogP contribution in [0.5, 0.6) is 0 Å². The molecule has 7 heteroatoms. The number of aliphatic hydroxyl groups is 2. The van der Waals surface area contributed by atoms with E-state index < -0.39 is 23.8 Å². The molecule has 0 bridgehead atoms. The quantitative estimate of drug-likeness (QED) is 0.643. The van der Waals surface area contributed by atoms with E-state index in [0.29, 0.717) is 19.4 Å². The van der Waals surface area contributed by atoms with Gasteiger partial charge in [-0.3, -0.25) is 4.98 Å². The largest absolute Gasteiger partial charge is 0.391 e. The molecular weight excluding hydrogens is 298 g/mol. The standard InChI is InChI=1S/C16H23N3O4/c1-2-17-15(21)19-14-12(20)7-10-8-13(23-9-16(10,14)22)11-5-3-4-6-18-11/h3-6,10,12-14,20,22H,2,7-9H2,1H3,(H2,17,19,21)/t10-,12+,13-,14-,16-/m1/s1. The van der Waals surface area contributed by atoms with E-state index >= 15 is 0 Å². The third-order valence-corrected chi connectivity index (χ3v) is 4.81. The van der Waals surface area contributed by atoms with Crippen molar-refractivity contribution in [1.82, 2.24) is 15.6 Å². The number of rotatable bonds is 3. The maximum atomic E-state index is 11.8. The number of hydrogen-bond donors (Lipinski definition) is 4. The zero-order valence-electron chi connectivity index (χ0n) is 13.1. The molecule has 2 aliphatic rings. The smallest absolute Gasteiger partial charge is 0.315 e. The predicted molar refractivity (Wildman–Crippen MR) is 82.6 cm³/mol. The van der Waals surface area contributed by atoms with Gasteiger partial charge >= 0.3 is 6.03 Å². The van der Waals surface area contributed by atoms with E-state index in [2.05, 4.69) is 15.6 Å². The van der Waals surface area contributed by atoms with Gasteiger partial charge in [0.1, 0.15) is 5.60 Å². The first-order valence-electron chi connectivity index (χ1n) is 8.02. The van der Waals surface area contributed by atoms with Gasteiger partial charge in [0.15, 0.2) is 0 Å². The lowest BCUT2D eigenvalue weighted by Crippen LogP contribution is -2.61. The molecule has 0 spiro atoms. The van der Waals surface area contributed by atoms with Gasteiger partial charge in [-0.15, -0.1) is 0 Å². The van der Waals surface area contributed by atoms with Gasteiger partial charge in [-0.25, -0.2) is 4.79 Å². The molecule has 1 aliphatic carbocycles. The molecule has 2 fully saturated rings. The summed E-state index contributed by atoms with van der Waals surface area (Å²) in [6, 6.07) is 4.51. The van der Waals surface area contributed by atoms with Crippen molar-refractivity contribution in [1.29, 1.82) is 0 Å². The van der Waals surface area contributed by atoms with Crippen LogP contribution < -0.4 is 10.6 Å². The first kappa shape index (κ1) is 16.2. The molecule has 5 atom stereocenters. The minimum Gasteiger partial charge on any atom is -0.391 e. The van der Waals surface area contributed by atoms with Gasteiger partial charge < -0.3 is 25.6 Å². The Morgan fingerprint density at radius 1 is 1.48 bits per heavy atom. The maximum absolute atomic E-state index is 11.8. The molecule has 1 aliphatic heterocycles. The van der Waals surface area contributed by atoms with E-state index in [9.17, 15) is 15.0 Å². The highest BCUT2D eigenvalue weighted by molar-refractivity contribution is 5.74. The van der Waals surface area contributed by atoms with Crippen molar-refractivity contribution in [2.45, 2.75) is 43.6 Å². The first-order chi connectivity index (χ1) is 11.0. The van der Waals surface area contributed by atoms with Crippen molar-refractivity contribution in [3.63, 3.8) is 0 Å². The molecule has 1 saturated heterocycles. The number of aliphatic hydroxyl groups excluding tert-OH is 1. The van der Waals surface area contributed by atoms with Crippen LogP contribution in [0.1, 0.15) is 31.6 Å². The fraction of sp³-hybridized carbons (Fsp3) is 0.625. The van der Waals surface area contributed by atoms with E-state index in [-0.39, 0.29) is 18.6 Å². The summed E-state index contributed by atoms with van der Waals surface area (Å²) in [5, 5.41) is 26.6. The zero-order chi connectivity index (χ0) is 16.4. The Kier molecular flexibility index (Phi) is 4.52. The maximum Gasteiger partial charge on any atom is 0.315 e. The fourth-order valence-electron chi connectivity index (χ4n) is 3.63. The average Bonchev–Trinajstić information content (AvgIpc) is 2.79. The van der Waals surface area contributed by atoms with Crippen LogP contribution in [-0.2, 0) is 4.74 Å². The molecule has 1 aromatic heterocycles. The van der Waals surface area contributed by atoms with Crippen molar-refractivity contribution < 1.29 is 19.7 Å². The Morgan fingerprint density at radius 2 is 2.30 bits per heavy atom. The second-order valence-electron chi connectivity index (χ2n) is 6.26. The Labute approximate surface area is 135 Å². The number of amides is 2. The van der Waals surface area contributed by atoms with Crippen molar-refractivity contribution in [3.8, 4) is 0 Å². The average molecular weight is 321 g/mol. The van der Waals surface area contributed by atoms with Crippen LogP contribution >= 0.6 is 0 Å². The summed E-state index contributed by atoms with van der Waals surface area (Å²) in [7, 11) is 0. The Hall–Kier alpha value is -1.70. The summed E-state index contributed by atoms with van der Waals surface area (Å²) < 4.78 is 5.81. The predicted octanol–water partition coefficient (Wildman–Crippen LogP) is 0.343. The van der Waals surface area contributed by atoms with Crippen LogP contribution in [0.3, 0.4) is 0 Å². The number of urea groups is 1. The molecule has 0 aromatic carbocycles. The second kappa shape index (κ2) is 6.43. The van der Waals surface area contributed by atoms with Crippen LogP contribution in [0.2, 0.25) is 0 Å². The van der Waals surface area contributed by atoms with Gasteiger partial charge in [-0.05, 0) is 37.8 Å². The number of carbonyl (C=O) groups excluding carboxylic acids is 1. The summed E-state index contributed by atoms with van der Waals surface area (Å²) in [6.45, 7) is 2.35. The molecule has 126 valence electrons. The number of aromatic nitrogens is 1. The number of nitrogens with zero attached hydrogens (tertiary/aromatic N) is 1. The number of pyridine rings is 1. The van der Waals surface area contributed by atoms with E-state index in [0.717, 1.165) is 5.69 Å². The number of carbonyl (C=O) groups is 1. The summed E-state index contributed by atoms with van der Waals surface area (Å²) in [5.74, 6) is -0.148. The molecule has 0 unspecified atom stereocenters. The van der Waals surface area contributed by atoms with E-state index in [1.165, 1.54) is 0 Å². The van der Waals surface area contributed by atoms with Crippen LogP contribution in [0.4, 0.5) is 4.79 Å². The highest BCUT2D eigenvalue weighted by Gasteiger charge is 2.57. The molecule has 1 aromatic rings. The minimum absolute atomic E-state index is 0.0625. The molecule has 0 radical (unpaired) electrons. The minimum atomic E-state index is -1.25. The molecule has 23 heavy (non-hydrogen) atoms. The van der Waals surface area contributed by atoms with Gasteiger partial charge in [0, 0.05) is 12.7 Å². The molecule has 3 rings (SSSR count). The van der Waals surface area contributed by atoms with Crippen LogP contribution in [0.15, 0.2) is 24.4 Å². The lowest BCUT2D eigenvalue weighted by molar-refractivity contribution is -0.155. The lowest BCUT2D eigenvalue weighted by atomic mass is 9.82. The highest BCUT2D eigenvalue weighted by Crippen LogP contribution is 2.46. The Bertz CT molecular complexity index is 556. The van der Waals surface area contributed by atoms with E-state index in [1.54, 1.807) is 6.20 Å². The number of hydrogen-bond acceptors (Lipinski definition) is 5. The van der Waals surface area contributed by atoms with Crippen LogP contribution in [-0.4, -0.2) is 52.1 Å². The fourth-order valence-corrected chi connectivity index (χ4v) is 3.63. The summed E-state index contributed by atoms with van der Waals surface area (Å²) in [6.07, 6.45) is 1.72. The molecule has 1 saturated carbocycles. The van der Waals surface area contributed by atoms with Crippen molar-refractivity contribution in [2.75, 3.05) is 13.2 Å².